The van der Waals surface area contributed by atoms with Gasteiger partial charge in [-0.3, -0.25) is 4.79 Å². The van der Waals surface area contributed by atoms with Gasteiger partial charge in [-0.2, -0.15) is 0 Å². The molecule has 6 nitrogen and oxygen atoms in total. The molecule has 0 unspecified atom stereocenters. The van der Waals surface area contributed by atoms with Crippen molar-refractivity contribution < 1.29 is 13.2 Å². The second-order valence-electron chi connectivity index (χ2n) is 7.14. The van der Waals surface area contributed by atoms with Gasteiger partial charge in [0.2, 0.25) is 5.91 Å². The van der Waals surface area contributed by atoms with Gasteiger partial charge in [-0.05, 0) is 43.9 Å². The Morgan fingerprint density at radius 3 is 2.50 bits per heavy atom. The minimum absolute atomic E-state index is 0.0358. The van der Waals surface area contributed by atoms with Crippen molar-refractivity contribution in [3.05, 3.63) is 48.5 Å². The normalized spacial score (nSPS) is 17.3. The van der Waals surface area contributed by atoms with Crippen molar-refractivity contribution in [2.75, 3.05) is 12.8 Å². The number of aromatic nitrogens is 2. The van der Waals surface area contributed by atoms with Crippen molar-refractivity contribution in [1.29, 1.82) is 0 Å². The molecule has 1 fully saturated rings. The molecular weight excluding hydrogens is 350 g/mol. The Bertz CT molecular complexity index is 854. The molecule has 1 amide bonds. The molecular formula is C19H25N3O3S. The molecule has 1 aliphatic carbocycles. The van der Waals surface area contributed by atoms with E-state index >= 15 is 0 Å². The molecule has 0 bridgehead atoms. The van der Waals surface area contributed by atoms with Gasteiger partial charge in [-0.15, -0.1) is 0 Å². The quantitative estimate of drug-likeness (QED) is 0.806. The molecule has 26 heavy (non-hydrogen) atoms. The van der Waals surface area contributed by atoms with E-state index in [2.05, 4.69) is 17.2 Å². The lowest BCUT2D eigenvalue weighted by Gasteiger charge is -2.41. The SMILES string of the molecule is C[C@@H](CCNC(=O)C1(c2ccc(S(C)(=O)=O)cc2)CCC1)n1ccnc1. The van der Waals surface area contributed by atoms with Crippen molar-refractivity contribution >= 4 is 15.7 Å². The highest BCUT2D eigenvalue weighted by atomic mass is 32.2. The first-order chi connectivity index (χ1) is 12.3. The Morgan fingerprint density at radius 2 is 2.00 bits per heavy atom. The van der Waals surface area contributed by atoms with Crippen LogP contribution in [0.5, 0.6) is 0 Å². The van der Waals surface area contributed by atoms with Gasteiger partial charge in [-0.1, -0.05) is 18.6 Å². The minimum Gasteiger partial charge on any atom is -0.355 e. The van der Waals surface area contributed by atoms with Crippen LogP contribution in [-0.4, -0.2) is 36.7 Å². The topological polar surface area (TPSA) is 81.1 Å². The van der Waals surface area contributed by atoms with Gasteiger partial charge < -0.3 is 9.88 Å². The Hall–Kier alpha value is -2.15. The number of hydrogen-bond acceptors (Lipinski definition) is 4. The summed E-state index contributed by atoms with van der Waals surface area (Å²) in [6.45, 7) is 2.69. The van der Waals surface area contributed by atoms with Crippen LogP contribution in [0.2, 0.25) is 0 Å². The molecule has 1 saturated carbocycles. The summed E-state index contributed by atoms with van der Waals surface area (Å²) in [7, 11) is -3.23. The Balaban J connectivity index is 1.64. The van der Waals surface area contributed by atoms with Crippen LogP contribution in [0.25, 0.3) is 0 Å². The van der Waals surface area contributed by atoms with Crippen LogP contribution in [0.15, 0.2) is 47.9 Å². The number of hydrogen-bond donors (Lipinski definition) is 1. The van der Waals surface area contributed by atoms with Gasteiger partial charge in [0, 0.05) is 31.2 Å². The fourth-order valence-corrected chi connectivity index (χ4v) is 4.07. The van der Waals surface area contributed by atoms with Crippen LogP contribution in [0.4, 0.5) is 0 Å². The second-order valence-corrected chi connectivity index (χ2v) is 9.15. The maximum atomic E-state index is 12.8. The van der Waals surface area contributed by atoms with E-state index in [4.69, 9.17) is 0 Å². The lowest BCUT2D eigenvalue weighted by molar-refractivity contribution is -0.129. The molecule has 3 rings (SSSR count). The Labute approximate surface area is 154 Å². The number of benzene rings is 1. The fourth-order valence-electron chi connectivity index (χ4n) is 3.44. The monoisotopic (exact) mass is 375 g/mol. The van der Waals surface area contributed by atoms with Gasteiger partial charge in [0.1, 0.15) is 0 Å². The van der Waals surface area contributed by atoms with E-state index in [0.717, 1.165) is 31.2 Å². The van der Waals surface area contributed by atoms with Crippen molar-refractivity contribution in [2.24, 2.45) is 0 Å². The highest BCUT2D eigenvalue weighted by molar-refractivity contribution is 7.90. The maximum Gasteiger partial charge on any atom is 0.230 e. The molecule has 1 heterocycles. The average Bonchev–Trinajstić information content (AvgIpc) is 3.08. The van der Waals surface area contributed by atoms with Crippen molar-refractivity contribution in [1.82, 2.24) is 14.9 Å². The molecule has 1 aromatic carbocycles. The first-order valence-electron chi connectivity index (χ1n) is 8.89. The summed E-state index contributed by atoms with van der Waals surface area (Å²) in [5.74, 6) is 0.0358. The summed E-state index contributed by atoms with van der Waals surface area (Å²) < 4.78 is 25.3. The molecule has 1 atom stereocenters. The molecule has 0 saturated heterocycles. The molecule has 0 aliphatic heterocycles. The predicted octanol–water partition coefficient (Wildman–Crippen LogP) is 2.48. The van der Waals surface area contributed by atoms with Gasteiger partial charge in [0.25, 0.3) is 0 Å². The van der Waals surface area contributed by atoms with Gasteiger partial charge in [0.05, 0.1) is 16.6 Å². The van der Waals surface area contributed by atoms with Gasteiger partial charge >= 0.3 is 0 Å². The Morgan fingerprint density at radius 1 is 1.31 bits per heavy atom. The van der Waals surface area contributed by atoms with E-state index < -0.39 is 15.3 Å². The van der Waals surface area contributed by atoms with Gasteiger partial charge in [-0.25, -0.2) is 13.4 Å². The molecule has 140 valence electrons. The van der Waals surface area contributed by atoms with Crippen molar-refractivity contribution in [3.63, 3.8) is 0 Å². The van der Waals surface area contributed by atoms with E-state index in [1.807, 2.05) is 10.8 Å². The molecule has 2 aromatic rings. The average molecular weight is 375 g/mol. The number of amides is 1. The third-order valence-corrected chi connectivity index (χ3v) is 6.49. The number of nitrogens with one attached hydrogen (secondary N) is 1. The minimum atomic E-state index is -3.23. The molecule has 1 aromatic heterocycles. The molecule has 7 heteroatoms. The first-order valence-corrected chi connectivity index (χ1v) is 10.8. The van der Waals surface area contributed by atoms with Crippen LogP contribution >= 0.6 is 0 Å². The standard InChI is InChI=1S/C19H25N3O3S/c1-15(22-13-12-20-14-22)8-11-21-18(23)19(9-3-10-19)16-4-6-17(7-5-16)26(2,24)25/h4-7,12-15H,3,8-11H2,1-2H3,(H,21,23)/t15-/m0/s1. The van der Waals surface area contributed by atoms with Crippen LogP contribution in [0.3, 0.4) is 0 Å². The summed E-state index contributed by atoms with van der Waals surface area (Å²) >= 11 is 0. The fraction of sp³-hybridized carbons (Fsp3) is 0.474. The van der Waals surface area contributed by atoms with Crippen LogP contribution < -0.4 is 5.32 Å². The summed E-state index contributed by atoms with van der Waals surface area (Å²) in [5, 5.41) is 3.07. The molecule has 1 N–H and O–H groups in total. The summed E-state index contributed by atoms with van der Waals surface area (Å²) in [4.78, 5) is 17.2. The van der Waals surface area contributed by atoms with Crippen LogP contribution in [0.1, 0.15) is 44.2 Å². The number of nitrogens with zero attached hydrogens (tertiary/aromatic N) is 2. The highest BCUT2D eigenvalue weighted by Crippen LogP contribution is 2.44. The number of sulfone groups is 1. The van der Waals surface area contributed by atoms with Crippen molar-refractivity contribution in [2.45, 2.75) is 49.0 Å². The van der Waals surface area contributed by atoms with Crippen LogP contribution in [0, 0.1) is 0 Å². The van der Waals surface area contributed by atoms with E-state index in [-0.39, 0.29) is 16.8 Å². The van der Waals surface area contributed by atoms with E-state index in [0.29, 0.717) is 6.54 Å². The smallest absolute Gasteiger partial charge is 0.230 e. The maximum absolute atomic E-state index is 12.8. The summed E-state index contributed by atoms with van der Waals surface area (Å²) in [5.41, 5.74) is 0.380. The number of imidazole rings is 1. The zero-order valence-electron chi connectivity index (χ0n) is 15.2. The van der Waals surface area contributed by atoms with Crippen molar-refractivity contribution in [3.8, 4) is 0 Å². The van der Waals surface area contributed by atoms with E-state index in [1.54, 1.807) is 36.8 Å². The summed E-state index contributed by atoms with van der Waals surface area (Å²) in [6, 6.07) is 7.02. The zero-order chi connectivity index (χ0) is 18.8. The van der Waals surface area contributed by atoms with Gasteiger partial charge in [0.15, 0.2) is 9.84 Å². The lowest BCUT2D eigenvalue weighted by atomic mass is 9.64. The number of carbonyl (C=O) groups is 1. The third-order valence-electron chi connectivity index (χ3n) is 5.36. The number of carbonyl (C=O) groups excluding carboxylic acids is 1. The molecule has 1 aliphatic rings. The van der Waals surface area contributed by atoms with E-state index in [1.165, 1.54) is 6.26 Å². The zero-order valence-corrected chi connectivity index (χ0v) is 16.0. The molecule has 0 spiro atoms. The first kappa shape index (κ1) is 18.6. The number of rotatable bonds is 7. The third kappa shape index (κ3) is 3.67. The predicted molar refractivity (Wildman–Crippen MR) is 99.6 cm³/mol. The van der Waals surface area contributed by atoms with Crippen LogP contribution in [-0.2, 0) is 20.0 Å². The lowest BCUT2D eigenvalue weighted by Crippen LogP contribution is -2.49. The largest absolute Gasteiger partial charge is 0.355 e. The second kappa shape index (κ2) is 7.23. The Kier molecular flexibility index (Phi) is 5.18. The molecule has 0 radical (unpaired) electrons. The summed E-state index contributed by atoms with van der Waals surface area (Å²) in [6.07, 6.45) is 10.1. The van der Waals surface area contributed by atoms with E-state index in [9.17, 15) is 13.2 Å². The highest BCUT2D eigenvalue weighted by Gasteiger charge is 2.45.